The zero-order valence-electron chi connectivity index (χ0n) is 40.3. The number of fused-ring (bicyclic) bond motifs is 6. The molecule has 4 saturated heterocycles. The lowest BCUT2D eigenvalue weighted by atomic mass is 9.95. The van der Waals surface area contributed by atoms with Crippen LogP contribution >= 0.6 is 0 Å². The monoisotopic (exact) mass is 1020 g/mol. The first kappa shape index (κ1) is 48.8. The third-order valence-electron chi connectivity index (χ3n) is 15.5. The zero-order chi connectivity index (χ0) is 50.9. The maximum Gasteiger partial charge on any atom is 0.417 e. The number of benzene rings is 4. The van der Waals surface area contributed by atoms with Gasteiger partial charge in [0.25, 0.3) is 6.43 Å². The summed E-state index contributed by atoms with van der Waals surface area (Å²) >= 11 is 0. The van der Waals surface area contributed by atoms with Crippen LogP contribution in [-0.4, -0.2) is 108 Å². The van der Waals surface area contributed by atoms with Gasteiger partial charge in [-0.2, -0.15) is 23.1 Å². The highest BCUT2D eigenvalue weighted by Gasteiger charge is 2.55. The number of aromatic nitrogens is 3. The molecule has 0 saturated carbocycles. The molecule has 73 heavy (non-hydrogen) atoms. The second-order valence-corrected chi connectivity index (χ2v) is 19.8. The lowest BCUT2D eigenvalue weighted by Crippen LogP contribution is -2.65. The van der Waals surface area contributed by atoms with Gasteiger partial charge in [0.1, 0.15) is 52.5 Å². The van der Waals surface area contributed by atoms with Crippen LogP contribution in [-0.2, 0) is 25.8 Å². The molecule has 0 aliphatic carbocycles. The van der Waals surface area contributed by atoms with E-state index in [0.717, 1.165) is 25.0 Å². The van der Waals surface area contributed by atoms with Crippen molar-refractivity contribution in [2.45, 2.75) is 107 Å². The highest BCUT2D eigenvalue weighted by atomic mass is 19.4. The van der Waals surface area contributed by atoms with Crippen LogP contribution in [0.3, 0.4) is 0 Å². The number of nitrogens with zero attached hydrogens (tertiary/aromatic N) is 7. The number of piperazine rings is 1. The predicted octanol–water partition coefficient (Wildman–Crippen LogP) is 10.7. The van der Waals surface area contributed by atoms with Crippen molar-refractivity contribution in [3.63, 3.8) is 0 Å². The minimum Gasteiger partial charge on any atom is -0.497 e. The predicted molar refractivity (Wildman–Crippen MR) is 257 cm³/mol. The van der Waals surface area contributed by atoms with E-state index in [9.17, 15) is 4.39 Å². The molecule has 4 unspecified atom stereocenters. The van der Waals surface area contributed by atoms with Crippen LogP contribution in [0.5, 0.6) is 23.4 Å². The Hall–Kier alpha value is -6.47. The van der Waals surface area contributed by atoms with Gasteiger partial charge in [-0.25, -0.2) is 26.9 Å². The highest BCUT2D eigenvalue weighted by Crippen LogP contribution is 2.50. The third-order valence-corrected chi connectivity index (χ3v) is 15.5. The summed E-state index contributed by atoms with van der Waals surface area (Å²) in [4.78, 5) is 21.1. The minimum absolute atomic E-state index is 0.0230. The Bertz CT molecular complexity index is 2960. The number of hydrogen-bond acceptors (Lipinski definition) is 11. The van der Waals surface area contributed by atoms with Crippen molar-refractivity contribution in [1.29, 1.82) is 0 Å². The Kier molecular flexibility index (Phi) is 12.8. The number of hydrogen-bond donors (Lipinski definition) is 0. The Morgan fingerprint density at radius 2 is 1.53 bits per heavy atom. The lowest BCUT2D eigenvalue weighted by Gasteiger charge is -2.48. The summed E-state index contributed by atoms with van der Waals surface area (Å²) in [5.41, 5.74) is -3.59. The van der Waals surface area contributed by atoms with Gasteiger partial charge < -0.3 is 28.7 Å². The molecule has 0 amide bonds. The van der Waals surface area contributed by atoms with Gasteiger partial charge in [0.05, 0.1) is 37.1 Å². The summed E-state index contributed by atoms with van der Waals surface area (Å²) in [6.07, 6.45) is -8.75. The van der Waals surface area contributed by atoms with Crippen molar-refractivity contribution in [2.75, 3.05) is 50.3 Å². The van der Waals surface area contributed by atoms with Crippen LogP contribution in [0.1, 0.15) is 59.9 Å². The lowest BCUT2D eigenvalue weighted by molar-refractivity contribution is -0.137. The molecule has 11 nitrogen and oxygen atoms in total. The molecule has 4 aromatic carbocycles. The van der Waals surface area contributed by atoms with Crippen LogP contribution in [0.15, 0.2) is 84.9 Å². The van der Waals surface area contributed by atoms with Gasteiger partial charge in [-0.3, -0.25) is 9.80 Å². The molecule has 0 spiro atoms. The number of methoxy groups -OCH3 is 2. The maximum absolute atomic E-state index is 18.1. The van der Waals surface area contributed by atoms with Gasteiger partial charge >= 0.3 is 12.2 Å². The molecule has 0 N–H and O–H groups in total. The van der Waals surface area contributed by atoms with Gasteiger partial charge in [-0.05, 0) is 91.7 Å². The van der Waals surface area contributed by atoms with E-state index in [4.69, 9.17) is 23.9 Å². The van der Waals surface area contributed by atoms with Gasteiger partial charge in [0, 0.05) is 56.8 Å². The first-order chi connectivity index (χ1) is 35.1. The van der Waals surface area contributed by atoms with Crippen LogP contribution in [0.25, 0.3) is 22.2 Å². The molecule has 4 fully saturated rings. The Balaban J connectivity index is 1.09. The number of ether oxygens (including phenoxy) is 4. The van der Waals surface area contributed by atoms with Crippen LogP contribution in [0.2, 0.25) is 0 Å². The molecule has 19 heteroatoms. The smallest absolute Gasteiger partial charge is 0.417 e. The molecule has 5 aliphatic rings. The standard InChI is InChI=1S/C54H53F8N7O4/c1-30-42(54(60,61)62)38(22-40(43(30)56)66(24-32-10-15-36(70-2)16-11-32)25-33-12-17-37(71-3)18-13-33)45-44(57)46-41-50(65-52(64-46)72-29-53-20-7-21-67(53)27-34(55)23-53)69-28-35-14-19-39(68(35)26-31-8-5-4-6-9-31)47(69)48(49(58)59)73-51(41)63-45/h4-6,8-13,15-18,22,34-35,39,47-49H,7,14,19-21,23-29H2,1-3H3/t34-,35?,39?,47?,48?,53+/m1/s1. The highest BCUT2D eigenvalue weighted by molar-refractivity contribution is 5.98. The molecule has 2 bridgehead atoms. The third kappa shape index (κ3) is 8.89. The number of anilines is 2. The molecular weight excluding hydrogens is 963 g/mol. The molecular formula is C54H53F8N7O4. The number of pyridine rings is 1. The topological polar surface area (TPSA) is 88.5 Å². The fraction of sp³-hybridized carbons (Fsp3) is 0.426. The zero-order valence-corrected chi connectivity index (χ0v) is 40.3. The van der Waals surface area contributed by atoms with E-state index in [0.29, 0.717) is 55.0 Å². The Morgan fingerprint density at radius 3 is 2.18 bits per heavy atom. The minimum atomic E-state index is -5.28. The van der Waals surface area contributed by atoms with E-state index in [1.165, 1.54) is 19.1 Å². The second-order valence-electron chi connectivity index (χ2n) is 19.8. The summed E-state index contributed by atoms with van der Waals surface area (Å²) in [7, 11) is 3.00. The maximum atomic E-state index is 18.1. The van der Waals surface area contributed by atoms with Crippen molar-refractivity contribution < 1.29 is 54.1 Å². The van der Waals surface area contributed by atoms with E-state index in [1.54, 1.807) is 53.4 Å². The summed E-state index contributed by atoms with van der Waals surface area (Å²) in [6.45, 7) is 2.27. The van der Waals surface area contributed by atoms with Crippen molar-refractivity contribution >= 4 is 22.4 Å². The number of alkyl halides is 6. The summed E-state index contributed by atoms with van der Waals surface area (Å²) < 4.78 is 152. The van der Waals surface area contributed by atoms with Gasteiger partial charge in [-0.15, -0.1) is 0 Å². The molecule has 11 rings (SSSR count). The summed E-state index contributed by atoms with van der Waals surface area (Å²) in [5, 5.41) is -0.226. The van der Waals surface area contributed by atoms with Crippen LogP contribution in [0.4, 0.5) is 46.6 Å². The average molecular weight is 1020 g/mol. The number of rotatable bonds is 14. The fourth-order valence-electron chi connectivity index (χ4n) is 12.1. The molecule has 2 aromatic heterocycles. The van der Waals surface area contributed by atoms with Crippen molar-refractivity contribution in [1.82, 2.24) is 24.8 Å². The van der Waals surface area contributed by atoms with Gasteiger partial charge in [0.15, 0.2) is 11.9 Å². The van der Waals surface area contributed by atoms with Gasteiger partial charge in [0.2, 0.25) is 5.88 Å². The molecule has 5 aliphatic heterocycles. The quantitative estimate of drug-likeness (QED) is 0.0978. The Morgan fingerprint density at radius 1 is 0.849 bits per heavy atom. The van der Waals surface area contributed by atoms with Gasteiger partial charge in [-0.1, -0.05) is 54.6 Å². The van der Waals surface area contributed by atoms with E-state index in [1.807, 2.05) is 35.2 Å². The fourth-order valence-corrected chi connectivity index (χ4v) is 12.1. The largest absolute Gasteiger partial charge is 0.497 e. The molecule has 0 radical (unpaired) electrons. The van der Waals surface area contributed by atoms with E-state index in [2.05, 4.69) is 14.9 Å². The normalized spacial score (nSPS) is 23.6. The average Bonchev–Trinajstić information content (AvgIpc) is 3.97. The first-order valence-electron chi connectivity index (χ1n) is 24.5. The molecule has 384 valence electrons. The van der Waals surface area contributed by atoms with Crippen LogP contribution < -0.4 is 28.7 Å². The Labute approximate surface area is 416 Å². The molecule has 6 aromatic rings. The van der Waals surface area contributed by atoms with E-state index in [-0.39, 0.29) is 68.2 Å². The van der Waals surface area contributed by atoms with Crippen molar-refractivity contribution in [2.24, 2.45) is 0 Å². The van der Waals surface area contributed by atoms with Crippen LogP contribution in [0, 0.1) is 18.6 Å². The summed E-state index contributed by atoms with van der Waals surface area (Å²) in [6, 6.07) is 22.0. The van der Waals surface area contributed by atoms with Crippen molar-refractivity contribution in [3.8, 4) is 34.6 Å². The summed E-state index contributed by atoms with van der Waals surface area (Å²) in [5.74, 6) is -2.14. The number of halogens is 8. The first-order valence-corrected chi connectivity index (χ1v) is 24.5. The molecule has 7 heterocycles. The van der Waals surface area contributed by atoms with E-state index >= 15 is 30.7 Å². The SMILES string of the molecule is COc1ccc(CN(Cc2ccc(OC)cc2)c2cc(-c3nc4c5c(nc(OC[C@@]67CCCN6C[C@H](F)C7)nc5c3F)N3CC5CCC(C3C(C(F)F)O4)N5Cc3ccccc3)c(C(F)(F)F)c(C)c2F)cc1. The molecule has 6 atom stereocenters. The van der Waals surface area contributed by atoms with Crippen molar-refractivity contribution in [3.05, 3.63) is 124 Å². The second kappa shape index (κ2) is 19.1. The van der Waals surface area contributed by atoms with E-state index < -0.39 is 87.9 Å².